The zero-order valence-corrected chi connectivity index (χ0v) is 13.2. The Balaban J connectivity index is 1.78. The van der Waals surface area contributed by atoms with Crippen molar-refractivity contribution in [1.29, 1.82) is 0 Å². The molecule has 5 heteroatoms. The molecule has 1 heterocycles. The molecule has 126 valence electrons. The predicted molar refractivity (Wildman–Crippen MR) is 90.6 cm³/mol. The first-order valence-corrected chi connectivity index (χ1v) is 8.18. The predicted octanol–water partition coefficient (Wildman–Crippen LogP) is 2.97. The molecular formula is C20H16O5. The van der Waals surface area contributed by atoms with Crippen molar-refractivity contribution in [2.75, 3.05) is 0 Å². The molecule has 0 aromatic heterocycles. The monoisotopic (exact) mass is 336 g/mol. The van der Waals surface area contributed by atoms with Gasteiger partial charge < -0.3 is 24.8 Å². The van der Waals surface area contributed by atoms with Crippen LogP contribution >= 0.6 is 0 Å². The highest BCUT2D eigenvalue weighted by atomic mass is 16.7. The molecule has 2 atom stereocenters. The molecule has 0 radical (unpaired) electrons. The van der Waals surface area contributed by atoms with Crippen LogP contribution in [0.2, 0.25) is 0 Å². The minimum Gasteiger partial charge on any atom is -0.508 e. The summed E-state index contributed by atoms with van der Waals surface area (Å²) in [5.41, 5.74) is 0.768. The summed E-state index contributed by atoms with van der Waals surface area (Å²) in [6.45, 7) is 0. The van der Waals surface area contributed by atoms with Gasteiger partial charge in [-0.3, -0.25) is 0 Å². The number of aliphatic hydroxyl groups is 2. The summed E-state index contributed by atoms with van der Waals surface area (Å²) < 4.78 is 12.4. The molecule has 3 aromatic carbocycles. The summed E-state index contributed by atoms with van der Waals surface area (Å²) in [5, 5.41) is 33.2. The molecule has 0 saturated heterocycles. The van der Waals surface area contributed by atoms with E-state index in [4.69, 9.17) is 9.47 Å². The average molecular weight is 336 g/mol. The van der Waals surface area contributed by atoms with Gasteiger partial charge in [-0.15, -0.1) is 0 Å². The molecule has 0 saturated carbocycles. The second-order valence-electron chi connectivity index (χ2n) is 6.49. The summed E-state index contributed by atoms with van der Waals surface area (Å²) in [6.07, 6.45) is -2.08. The van der Waals surface area contributed by atoms with Crippen LogP contribution in [-0.2, 0) is 5.79 Å². The SMILES string of the molecule is Oc1cccc2c1[C@@H](O)C[C@@H](O)C21Oc2cccc3cccc(c23)O1. The normalized spacial score (nSPS) is 23.0. The van der Waals surface area contributed by atoms with E-state index in [0.717, 1.165) is 10.8 Å². The number of aliphatic hydroxyl groups excluding tert-OH is 2. The lowest BCUT2D eigenvalue weighted by Gasteiger charge is -2.45. The van der Waals surface area contributed by atoms with Gasteiger partial charge in [0.05, 0.1) is 11.5 Å². The lowest BCUT2D eigenvalue weighted by molar-refractivity contribution is -0.214. The Hall–Kier alpha value is -2.76. The largest absolute Gasteiger partial charge is 0.508 e. The fraction of sp³-hybridized carbons (Fsp3) is 0.200. The van der Waals surface area contributed by atoms with Gasteiger partial charge in [0, 0.05) is 17.5 Å². The molecule has 1 aliphatic carbocycles. The van der Waals surface area contributed by atoms with E-state index in [1.165, 1.54) is 6.07 Å². The molecule has 25 heavy (non-hydrogen) atoms. The second kappa shape index (κ2) is 4.88. The smallest absolute Gasteiger partial charge is 0.304 e. The minimum atomic E-state index is -1.50. The summed E-state index contributed by atoms with van der Waals surface area (Å²) in [6, 6.07) is 16.2. The maximum atomic E-state index is 10.8. The van der Waals surface area contributed by atoms with Gasteiger partial charge in [0.15, 0.2) is 0 Å². The first-order valence-electron chi connectivity index (χ1n) is 8.18. The number of aromatic hydroxyl groups is 1. The van der Waals surface area contributed by atoms with E-state index < -0.39 is 18.0 Å². The standard InChI is InChI=1S/C20H16O5/c21-13-7-3-6-12-19(13)14(22)10-17(23)20(12)24-15-8-1-4-11-5-2-9-16(25-20)18(11)15/h1-9,14,17,21-23H,10H2/t14-,17+/m0/s1. The summed E-state index contributed by atoms with van der Waals surface area (Å²) >= 11 is 0. The molecule has 3 N–H and O–H groups in total. The molecule has 0 amide bonds. The van der Waals surface area contributed by atoms with Gasteiger partial charge in [0.1, 0.15) is 23.4 Å². The highest BCUT2D eigenvalue weighted by molar-refractivity contribution is 5.94. The van der Waals surface area contributed by atoms with Crippen LogP contribution in [0, 0.1) is 0 Å². The number of hydrogen-bond donors (Lipinski definition) is 3. The van der Waals surface area contributed by atoms with Crippen molar-refractivity contribution < 1.29 is 24.8 Å². The van der Waals surface area contributed by atoms with E-state index in [2.05, 4.69) is 0 Å². The van der Waals surface area contributed by atoms with E-state index in [0.29, 0.717) is 22.6 Å². The van der Waals surface area contributed by atoms with Crippen LogP contribution in [0.25, 0.3) is 10.8 Å². The van der Waals surface area contributed by atoms with Crippen molar-refractivity contribution >= 4 is 10.8 Å². The minimum absolute atomic E-state index is 0.00270. The van der Waals surface area contributed by atoms with Crippen molar-refractivity contribution in [2.24, 2.45) is 0 Å². The van der Waals surface area contributed by atoms with Gasteiger partial charge in [0.2, 0.25) is 0 Å². The van der Waals surface area contributed by atoms with Crippen LogP contribution in [0.4, 0.5) is 0 Å². The molecule has 0 fully saturated rings. The van der Waals surface area contributed by atoms with E-state index >= 15 is 0 Å². The van der Waals surface area contributed by atoms with Gasteiger partial charge in [-0.05, 0) is 23.6 Å². The van der Waals surface area contributed by atoms with Crippen molar-refractivity contribution in [3.05, 3.63) is 65.7 Å². The molecule has 5 rings (SSSR count). The molecule has 0 unspecified atom stereocenters. The highest BCUT2D eigenvalue weighted by Gasteiger charge is 2.54. The maximum absolute atomic E-state index is 10.8. The van der Waals surface area contributed by atoms with E-state index in [-0.39, 0.29) is 12.2 Å². The molecule has 2 aliphatic rings. The van der Waals surface area contributed by atoms with Crippen molar-refractivity contribution in [1.82, 2.24) is 0 Å². The third-order valence-corrected chi connectivity index (χ3v) is 5.03. The van der Waals surface area contributed by atoms with Gasteiger partial charge in [-0.1, -0.05) is 36.4 Å². The maximum Gasteiger partial charge on any atom is 0.304 e. The number of ether oxygens (including phenoxy) is 2. The lowest BCUT2D eigenvalue weighted by atomic mass is 9.81. The van der Waals surface area contributed by atoms with Crippen molar-refractivity contribution in [3.8, 4) is 17.2 Å². The number of fused-ring (bicyclic) bond motifs is 2. The Morgan fingerprint density at radius 3 is 2.20 bits per heavy atom. The highest BCUT2D eigenvalue weighted by Crippen LogP contribution is 2.52. The molecule has 5 nitrogen and oxygen atoms in total. The summed E-state index contributed by atoms with van der Waals surface area (Å²) in [5.74, 6) is -0.343. The zero-order valence-electron chi connectivity index (χ0n) is 13.2. The van der Waals surface area contributed by atoms with Gasteiger partial charge in [-0.25, -0.2) is 0 Å². The van der Waals surface area contributed by atoms with E-state index in [1.807, 2.05) is 36.4 Å². The Bertz CT molecular complexity index is 956. The van der Waals surface area contributed by atoms with Crippen molar-refractivity contribution in [3.63, 3.8) is 0 Å². The lowest BCUT2D eigenvalue weighted by Crippen LogP contribution is -2.54. The number of hydrogen-bond acceptors (Lipinski definition) is 5. The molecule has 1 spiro atoms. The number of rotatable bonds is 0. The fourth-order valence-electron chi connectivity index (χ4n) is 3.91. The Kier molecular flexibility index (Phi) is 2.84. The topological polar surface area (TPSA) is 79.2 Å². The zero-order chi connectivity index (χ0) is 17.2. The Labute approximate surface area is 143 Å². The number of phenols is 1. The van der Waals surface area contributed by atoms with Crippen LogP contribution in [-0.4, -0.2) is 21.4 Å². The van der Waals surface area contributed by atoms with Gasteiger partial charge >= 0.3 is 5.79 Å². The molecular weight excluding hydrogens is 320 g/mol. The molecule has 0 bridgehead atoms. The Morgan fingerprint density at radius 1 is 0.880 bits per heavy atom. The fourth-order valence-corrected chi connectivity index (χ4v) is 3.91. The van der Waals surface area contributed by atoms with Gasteiger partial charge in [-0.2, -0.15) is 0 Å². The van der Waals surface area contributed by atoms with E-state index in [9.17, 15) is 15.3 Å². The third-order valence-electron chi connectivity index (χ3n) is 5.03. The number of phenolic OH excluding ortho intramolecular Hbond substituents is 1. The molecule has 3 aromatic rings. The Morgan fingerprint density at radius 2 is 1.52 bits per heavy atom. The second-order valence-corrected chi connectivity index (χ2v) is 6.49. The average Bonchev–Trinajstić information content (AvgIpc) is 2.60. The van der Waals surface area contributed by atoms with Crippen LogP contribution < -0.4 is 9.47 Å². The first kappa shape index (κ1) is 14.6. The molecule has 1 aliphatic heterocycles. The van der Waals surface area contributed by atoms with Gasteiger partial charge in [0.25, 0.3) is 0 Å². The third kappa shape index (κ3) is 1.85. The quantitative estimate of drug-likeness (QED) is 0.588. The van der Waals surface area contributed by atoms with Crippen molar-refractivity contribution in [2.45, 2.75) is 24.4 Å². The van der Waals surface area contributed by atoms with Crippen LogP contribution in [0.5, 0.6) is 17.2 Å². The summed E-state index contributed by atoms with van der Waals surface area (Å²) in [4.78, 5) is 0. The first-order chi connectivity index (χ1) is 12.1. The van der Waals surface area contributed by atoms with Crippen LogP contribution in [0.3, 0.4) is 0 Å². The van der Waals surface area contributed by atoms with Crippen LogP contribution in [0.1, 0.15) is 23.7 Å². The number of benzene rings is 3. The van der Waals surface area contributed by atoms with E-state index in [1.54, 1.807) is 12.1 Å². The van der Waals surface area contributed by atoms with Crippen LogP contribution in [0.15, 0.2) is 54.6 Å². The summed E-state index contributed by atoms with van der Waals surface area (Å²) in [7, 11) is 0.